The van der Waals surface area contributed by atoms with E-state index in [2.05, 4.69) is 4.98 Å². The number of phenolic OH excluding ortho intramolecular Hbond substituents is 1. The monoisotopic (exact) mass is 433 g/mol. The third-order valence-corrected chi connectivity index (χ3v) is 6.80. The quantitative estimate of drug-likeness (QED) is 0.715. The van der Waals surface area contributed by atoms with Gasteiger partial charge < -0.3 is 14.7 Å². The number of carbonyl (C=O) groups is 1. The van der Waals surface area contributed by atoms with Gasteiger partial charge in [0.1, 0.15) is 11.4 Å². The molecule has 1 spiro atoms. The summed E-state index contributed by atoms with van der Waals surface area (Å²) in [6.07, 6.45) is 5.92. The summed E-state index contributed by atoms with van der Waals surface area (Å²) in [4.78, 5) is 31.6. The molecule has 4 rings (SSSR count). The Morgan fingerprint density at radius 1 is 1.27 bits per heavy atom. The minimum Gasteiger partial charge on any atom is -0.506 e. The second-order valence-electron chi connectivity index (χ2n) is 9.61. The van der Waals surface area contributed by atoms with Gasteiger partial charge in [0.15, 0.2) is 0 Å². The Morgan fingerprint density at radius 3 is 2.63 bits per heavy atom. The molecule has 1 atom stereocenters. The van der Waals surface area contributed by atoms with Crippen molar-refractivity contribution in [2.45, 2.75) is 64.5 Å². The van der Waals surface area contributed by atoms with Crippen molar-refractivity contribution in [3.05, 3.63) is 33.8 Å². The summed E-state index contributed by atoms with van der Waals surface area (Å²) in [6.45, 7) is 6.97. The lowest BCUT2D eigenvalue weighted by Crippen LogP contribution is -2.44. The van der Waals surface area contributed by atoms with Crippen molar-refractivity contribution < 1.29 is 14.6 Å². The van der Waals surface area contributed by atoms with Crippen LogP contribution in [-0.4, -0.2) is 44.3 Å². The predicted molar refractivity (Wildman–Crippen MR) is 115 cm³/mol. The summed E-state index contributed by atoms with van der Waals surface area (Å²) in [5.74, 6) is -0.113. The Morgan fingerprint density at radius 2 is 1.97 bits per heavy atom. The molecule has 0 radical (unpaired) electrons. The number of fused-ring (bicyclic) bond motifs is 1. The van der Waals surface area contributed by atoms with Crippen LogP contribution in [0, 0.1) is 5.41 Å². The summed E-state index contributed by atoms with van der Waals surface area (Å²) in [5, 5.41) is 10.2. The first kappa shape index (κ1) is 21.0. The number of hydrogen-bond acceptors (Lipinski definition) is 5. The summed E-state index contributed by atoms with van der Waals surface area (Å²) >= 11 is 6.19. The van der Waals surface area contributed by atoms with Gasteiger partial charge in [0, 0.05) is 19.1 Å². The van der Waals surface area contributed by atoms with Crippen LogP contribution in [0.1, 0.15) is 58.9 Å². The topological polar surface area (TPSA) is 84.7 Å². The number of aromatic hydroxyl groups is 1. The Balaban J connectivity index is 1.49. The predicted octanol–water partition coefficient (Wildman–Crippen LogP) is 4.50. The first-order chi connectivity index (χ1) is 14.1. The fraction of sp³-hybridized carbons (Fsp3) is 0.591. The third-order valence-electron chi connectivity index (χ3n) is 6.41. The van der Waals surface area contributed by atoms with Crippen molar-refractivity contribution in [2.24, 2.45) is 5.41 Å². The van der Waals surface area contributed by atoms with Crippen LogP contribution < -0.4 is 5.56 Å². The van der Waals surface area contributed by atoms with E-state index in [0.29, 0.717) is 18.6 Å². The van der Waals surface area contributed by atoms with Crippen LogP contribution in [0.15, 0.2) is 23.3 Å². The molecule has 8 heteroatoms. The van der Waals surface area contributed by atoms with E-state index in [9.17, 15) is 14.7 Å². The van der Waals surface area contributed by atoms with Crippen molar-refractivity contribution in [1.82, 2.24) is 14.5 Å². The van der Waals surface area contributed by atoms with E-state index < -0.39 is 5.60 Å². The van der Waals surface area contributed by atoms with Gasteiger partial charge in [0.2, 0.25) is 0 Å². The van der Waals surface area contributed by atoms with Crippen LogP contribution in [0.5, 0.6) is 5.75 Å². The van der Waals surface area contributed by atoms with E-state index in [4.69, 9.17) is 16.3 Å². The highest BCUT2D eigenvalue weighted by Crippen LogP contribution is 2.50. The molecule has 0 bridgehead atoms. The van der Waals surface area contributed by atoms with Crippen molar-refractivity contribution in [3.63, 3.8) is 0 Å². The van der Waals surface area contributed by atoms with Gasteiger partial charge in [-0.15, -0.1) is 0 Å². The van der Waals surface area contributed by atoms with Gasteiger partial charge in [-0.2, -0.15) is 0 Å². The van der Waals surface area contributed by atoms with E-state index in [1.807, 2.05) is 20.8 Å². The van der Waals surface area contributed by atoms with Crippen molar-refractivity contribution >= 4 is 28.6 Å². The lowest BCUT2D eigenvalue weighted by Gasteiger charge is -2.40. The number of benzene rings is 1. The summed E-state index contributed by atoms with van der Waals surface area (Å²) in [7, 11) is 0. The molecule has 2 fully saturated rings. The molecule has 2 aliphatic rings. The second kappa shape index (κ2) is 7.45. The number of nitrogens with zero attached hydrogens (tertiary/aromatic N) is 3. The molecule has 2 heterocycles. The second-order valence-corrected chi connectivity index (χ2v) is 9.99. The fourth-order valence-electron chi connectivity index (χ4n) is 4.79. The zero-order valence-corrected chi connectivity index (χ0v) is 18.4. The van der Waals surface area contributed by atoms with E-state index in [0.717, 1.165) is 32.1 Å². The number of hydrogen-bond donors (Lipinski definition) is 1. The number of rotatable bonds is 1. The van der Waals surface area contributed by atoms with Gasteiger partial charge in [0.25, 0.3) is 5.56 Å². The van der Waals surface area contributed by atoms with E-state index in [1.165, 1.54) is 6.07 Å². The number of carbonyl (C=O) groups excluding carboxylic acids is 1. The zero-order chi connectivity index (χ0) is 21.7. The standard InChI is InChI=1S/C22H28ClN3O4/c1-21(2,3)30-20(29)25-10-8-22(9-11-25)7-6-14(12-22)26-13-24-15-4-5-16(27)18(23)17(15)19(26)28/h4-5,13-14,27H,6-12H2,1-3H3. The zero-order valence-electron chi connectivity index (χ0n) is 17.7. The number of likely N-dealkylation sites (tertiary alicyclic amines) is 1. The number of aromatic nitrogens is 2. The molecule has 1 aliphatic carbocycles. The Bertz CT molecular complexity index is 1040. The molecule has 1 aromatic carbocycles. The maximum absolute atomic E-state index is 13.1. The van der Waals surface area contributed by atoms with Crippen LogP contribution in [0.4, 0.5) is 4.79 Å². The highest BCUT2D eigenvalue weighted by atomic mass is 35.5. The minimum absolute atomic E-state index is 0.0425. The minimum atomic E-state index is -0.495. The number of phenols is 1. The maximum Gasteiger partial charge on any atom is 0.410 e. The Hall–Kier alpha value is -2.28. The van der Waals surface area contributed by atoms with Crippen molar-refractivity contribution in [1.29, 1.82) is 0 Å². The number of halogens is 1. The van der Waals surface area contributed by atoms with Gasteiger partial charge in [-0.3, -0.25) is 9.36 Å². The lowest BCUT2D eigenvalue weighted by atomic mass is 9.77. The summed E-state index contributed by atoms with van der Waals surface area (Å²) in [6, 6.07) is 3.09. The molecule has 1 saturated carbocycles. The molecule has 1 aliphatic heterocycles. The number of amides is 1. The molecule has 162 valence electrons. The average Bonchev–Trinajstić information content (AvgIpc) is 3.07. The lowest BCUT2D eigenvalue weighted by molar-refractivity contribution is 0.0103. The first-order valence-electron chi connectivity index (χ1n) is 10.4. The number of piperidine rings is 1. The summed E-state index contributed by atoms with van der Waals surface area (Å²) in [5.41, 5.74) is -0.100. The van der Waals surface area contributed by atoms with Crippen LogP contribution in [-0.2, 0) is 4.74 Å². The van der Waals surface area contributed by atoms with Gasteiger partial charge in [0.05, 0.1) is 22.3 Å². The average molecular weight is 434 g/mol. The molecule has 1 unspecified atom stereocenters. The van der Waals surface area contributed by atoms with Gasteiger partial charge in [-0.25, -0.2) is 9.78 Å². The maximum atomic E-state index is 13.1. The first-order valence-corrected chi connectivity index (χ1v) is 10.8. The third kappa shape index (κ3) is 3.87. The van der Waals surface area contributed by atoms with Crippen LogP contribution in [0.2, 0.25) is 5.02 Å². The highest BCUT2D eigenvalue weighted by Gasteiger charge is 2.43. The van der Waals surface area contributed by atoms with Crippen LogP contribution in [0.25, 0.3) is 10.9 Å². The fourth-order valence-corrected chi connectivity index (χ4v) is 5.03. The molecular weight excluding hydrogens is 406 g/mol. The van der Waals surface area contributed by atoms with Gasteiger partial charge >= 0.3 is 6.09 Å². The Kier molecular flexibility index (Phi) is 5.21. The van der Waals surface area contributed by atoms with Crippen molar-refractivity contribution in [3.8, 4) is 5.75 Å². The molecular formula is C22H28ClN3O4. The SMILES string of the molecule is CC(C)(C)OC(=O)N1CCC2(CCC(n3cnc4ccc(O)c(Cl)c4c3=O)C2)CC1. The molecule has 1 aromatic heterocycles. The van der Waals surface area contributed by atoms with E-state index in [1.54, 1.807) is 21.9 Å². The van der Waals surface area contributed by atoms with Gasteiger partial charge in [-0.05, 0) is 70.4 Å². The summed E-state index contributed by atoms with van der Waals surface area (Å²) < 4.78 is 7.17. The van der Waals surface area contributed by atoms with E-state index in [-0.39, 0.29) is 39.3 Å². The van der Waals surface area contributed by atoms with Crippen LogP contribution in [0.3, 0.4) is 0 Å². The Labute approximate surface area is 180 Å². The van der Waals surface area contributed by atoms with Crippen molar-refractivity contribution in [2.75, 3.05) is 13.1 Å². The molecule has 1 N–H and O–H groups in total. The van der Waals surface area contributed by atoms with Crippen LogP contribution >= 0.6 is 11.6 Å². The molecule has 7 nitrogen and oxygen atoms in total. The molecule has 1 saturated heterocycles. The number of ether oxygens (including phenoxy) is 1. The molecule has 30 heavy (non-hydrogen) atoms. The van der Waals surface area contributed by atoms with Gasteiger partial charge in [-0.1, -0.05) is 11.6 Å². The smallest absolute Gasteiger partial charge is 0.410 e. The normalized spacial score (nSPS) is 21.3. The highest BCUT2D eigenvalue weighted by molar-refractivity contribution is 6.36. The largest absolute Gasteiger partial charge is 0.506 e. The van der Waals surface area contributed by atoms with E-state index >= 15 is 0 Å². The molecule has 1 amide bonds. The molecule has 2 aromatic rings.